The van der Waals surface area contributed by atoms with Crippen molar-refractivity contribution in [1.82, 2.24) is 0 Å². The predicted molar refractivity (Wildman–Crippen MR) is 225 cm³/mol. The highest BCUT2D eigenvalue weighted by molar-refractivity contribution is 7.26. The largest absolute Gasteiger partial charge is 0.135 e. The normalized spacial score (nSPS) is 12.7. The molecule has 7 aromatic carbocycles. The molecule has 1 heteroatoms. The van der Waals surface area contributed by atoms with Gasteiger partial charge in [0.1, 0.15) is 0 Å². The Morgan fingerprint density at radius 3 is 1.58 bits per heavy atom. The first-order valence-corrected chi connectivity index (χ1v) is 18.6. The van der Waals surface area contributed by atoms with Gasteiger partial charge in [0.05, 0.1) is 0 Å². The summed E-state index contributed by atoms with van der Waals surface area (Å²) in [5, 5.41) is 10.5. The molecule has 0 aliphatic rings. The highest BCUT2D eigenvalue weighted by atomic mass is 32.1. The Kier molecular flexibility index (Phi) is 7.62. The zero-order chi connectivity index (χ0) is 34.9. The highest BCUT2D eigenvalue weighted by Crippen LogP contribution is 2.49. The van der Waals surface area contributed by atoms with Crippen molar-refractivity contribution >= 4 is 76.0 Å². The van der Waals surface area contributed by atoms with E-state index in [0.29, 0.717) is 0 Å². The molecule has 8 rings (SSSR count). The van der Waals surface area contributed by atoms with E-state index in [1.54, 1.807) is 0 Å². The van der Waals surface area contributed by atoms with Crippen molar-refractivity contribution in [2.45, 2.75) is 59.3 Å². The third-order valence-electron chi connectivity index (χ3n) is 10.3. The van der Waals surface area contributed by atoms with Gasteiger partial charge in [0.2, 0.25) is 0 Å². The summed E-state index contributed by atoms with van der Waals surface area (Å²) in [6, 6.07) is 41.0. The molecule has 8 aromatic rings. The standard InChI is InChI=1S/C49H44S/c1-9-18-32-31(10-2)45(48(3,4)5)38-24-16-13-21-35(38)44(32)40-26-17-25-39-41-29-30(27-28-42(41)50-47(39)40)43-33-19-11-14-22-36(33)46(49(6,7)8)37-23-15-12-20-34(37)43/h9-29H,2H2,1,3-8H3/b18-9-. The van der Waals surface area contributed by atoms with E-state index in [9.17, 15) is 0 Å². The summed E-state index contributed by atoms with van der Waals surface area (Å²) in [4.78, 5) is 0. The maximum absolute atomic E-state index is 4.36. The monoisotopic (exact) mass is 664 g/mol. The molecule has 0 radical (unpaired) electrons. The molecular formula is C49H44S. The van der Waals surface area contributed by atoms with Crippen LogP contribution in [-0.2, 0) is 10.8 Å². The van der Waals surface area contributed by atoms with Crippen LogP contribution < -0.4 is 0 Å². The third-order valence-corrected chi connectivity index (χ3v) is 11.5. The Morgan fingerprint density at radius 2 is 1.04 bits per heavy atom. The van der Waals surface area contributed by atoms with E-state index < -0.39 is 0 Å². The smallest absolute Gasteiger partial charge is 0.0434 e. The van der Waals surface area contributed by atoms with Crippen LogP contribution in [0.3, 0.4) is 0 Å². The first-order chi connectivity index (χ1) is 24.0. The van der Waals surface area contributed by atoms with Crippen molar-refractivity contribution in [3.05, 3.63) is 144 Å². The van der Waals surface area contributed by atoms with Gasteiger partial charge in [0, 0.05) is 25.7 Å². The fourth-order valence-corrected chi connectivity index (χ4v) is 9.73. The van der Waals surface area contributed by atoms with Crippen LogP contribution in [-0.4, -0.2) is 0 Å². The van der Waals surface area contributed by atoms with Gasteiger partial charge in [0.25, 0.3) is 0 Å². The molecule has 0 atom stereocenters. The summed E-state index contributed by atoms with van der Waals surface area (Å²) < 4.78 is 2.63. The van der Waals surface area contributed by atoms with Crippen molar-refractivity contribution in [1.29, 1.82) is 0 Å². The van der Waals surface area contributed by atoms with E-state index in [2.05, 4.69) is 182 Å². The van der Waals surface area contributed by atoms with Crippen molar-refractivity contribution in [3.8, 4) is 22.3 Å². The molecule has 0 spiro atoms. The lowest BCUT2D eigenvalue weighted by Gasteiger charge is -2.28. The maximum atomic E-state index is 4.36. The van der Waals surface area contributed by atoms with Crippen LogP contribution in [0.15, 0.2) is 122 Å². The molecule has 0 amide bonds. The zero-order valence-electron chi connectivity index (χ0n) is 30.2. The number of fused-ring (bicyclic) bond motifs is 6. The van der Waals surface area contributed by atoms with Crippen molar-refractivity contribution in [2.24, 2.45) is 0 Å². The Balaban J connectivity index is 1.45. The molecule has 0 saturated carbocycles. The van der Waals surface area contributed by atoms with Crippen LogP contribution in [0.5, 0.6) is 0 Å². The zero-order valence-corrected chi connectivity index (χ0v) is 31.1. The van der Waals surface area contributed by atoms with Crippen LogP contribution in [0.4, 0.5) is 0 Å². The molecule has 1 aromatic heterocycles. The second-order valence-electron chi connectivity index (χ2n) is 15.7. The highest BCUT2D eigenvalue weighted by Gasteiger charge is 2.27. The quantitative estimate of drug-likeness (QED) is 0.164. The second kappa shape index (κ2) is 11.8. The lowest BCUT2D eigenvalue weighted by atomic mass is 9.76. The lowest BCUT2D eigenvalue weighted by molar-refractivity contribution is 0.594. The molecular weight excluding hydrogens is 621 g/mol. The van der Waals surface area contributed by atoms with Gasteiger partial charge in [-0.1, -0.05) is 163 Å². The van der Waals surface area contributed by atoms with E-state index in [4.69, 9.17) is 0 Å². The first kappa shape index (κ1) is 32.2. The Hall–Kier alpha value is -4.98. The van der Waals surface area contributed by atoms with Crippen LogP contribution in [0.1, 0.15) is 70.7 Å². The summed E-state index contributed by atoms with van der Waals surface area (Å²) in [6.07, 6.45) is 6.53. The van der Waals surface area contributed by atoms with Crippen LogP contribution >= 0.6 is 11.3 Å². The molecule has 0 nitrogen and oxygen atoms in total. The number of hydrogen-bond donors (Lipinski definition) is 0. The van der Waals surface area contributed by atoms with Gasteiger partial charge >= 0.3 is 0 Å². The van der Waals surface area contributed by atoms with Gasteiger partial charge in [-0.15, -0.1) is 11.3 Å². The summed E-state index contributed by atoms with van der Waals surface area (Å²) in [5.74, 6) is 0. The molecule has 0 unspecified atom stereocenters. The number of hydrogen-bond acceptors (Lipinski definition) is 1. The molecule has 0 N–H and O–H groups in total. The third kappa shape index (κ3) is 4.94. The minimum atomic E-state index is -0.0442. The van der Waals surface area contributed by atoms with Gasteiger partial charge in [-0.2, -0.15) is 0 Å². The van der Waals surface area contributed by atoms with E-state index in [1.807, 2.05) is 11.3 Å². The van der Waals surface area contributed by atoms with Crippen LogP contribution in [0, 0.1) is 0 Å². The molecule has 0 saturated heterocycles. The molecule has 50 heavy (non-hydrogen) atoms. The minimum Gasteiger partial charge on any atom is -0.135 e. The van der Waals surface area contributed by atoms with Gasteiger partial charge in [-0.25, -0.2) is 0 Å². The fourth-order valence-electron chi connectivity index (χ4n) is 8.53. The Bertz CT molecular complexity index is 2620. The van der Waals surface area contributed by atoms with Crippen LogP contribution in [0.25, 0.3) is 86.9 Å². The SMILES string of the molecule is C=Cc1c(/C=C\C)c(-c2cccc3c2sc2ccc(-c4c5ccccc5c(C(C)(C)C)c5ccccc45)cc23)c2ccccc2c1C(C)(C)C. The van der Waals surface area contributed by atoms with E-state index >= 15 is 0 Å². The molecule has 0 bridgehead atoms. The van der Waals surface area contributed by atoms with Crippen molar-refractivity contribution < 1.29 is 0 Å². The number of rotatable bonds is 4. The number of benzene rings is 7. The molecule has 1 heterocycles. The second-order valence-corrected chi connectivity index (χ2v) is 16.7. The predicted octanol–water partition coefficient (Wildman–Crippen LogP) is 15.1. The van der Waals surface area contributed by atoms with E-state index in [1.165, 1.54) is 97.0 Å². The average molecular weight is 665 g/mol. The maximum Gasteiger partial charge on any atom is 0.0434 e. The molecule has 0 fully saturated rings. The Labute approximate surface area is 300 Å². The van der Waals surface area contributed by atoms with Gasteiger partial charge in [0.15, 0.2) is 0 Å². The number of thiophene rings is 1. The van der Waals surface area contributed by atoms with Gasteiger partial charge in [-0.05, 0) is 101 Å². The summed E-state index contributed by atoms with van der Waals surface area (Å²) >= 11 is 1.91. The van der Waals surface area contributed by atoms with E-state index in [0.717, 1.165) is 0 Å². The number of allylic oxidation sites excluding steroid dienone is 1. The summed E-state index contributed by atoms with van der Waals surface area (Å²) in [6.45, 7) is 20.4. The van der Waals surface area contributed by atoms with Crippen molar-refractivity contribution in [3.63, 3.8) is 0 Å². The molecule has 246 valence electrons. The topological polar surface area (TPSA) is 0 Å². The first-order valence-electron chi connectivity index (χ1n) is 17.8. The summed E-state index contributed by atoms with van der Waals surface area (Å²) in [7, 11) is 0. The average Bonchev–Trinajstić information content (AvgIpc) is 3.47. The molecule has 0 aliphatic carbocycles. The fraction of sp³-hybridized carbons (Fsp3) is 0.184. The Morgan fingerprint density at radius 1 is 0.520 bits per heavy atom. The minimum absolute atomic E-state index is 0.00813. The lowest BCUT2D eigenvalue weighted by Crippen LogP contribution is -2.15. The van der Waals surface area contributed by atoms with Crippen molar-refractivity contribution in [2.75, 3.05) is 0 Å². The van der Waals surface area contributed by atoms with Crippen LogP contribution in [0.2, 0.25) is 0 Å². The van der Waals surface area contributed by atoms with Gasteiger partial charge < -0.3 is 0 Å². The van der Waals surface area contributed by atoms with E-state index in [-0.39, 0.29) is 10.8 Å². The molecule has 0 aliphatic heterocycles. The summed E-state index contributed by atoms with van der Waals surface area (Å²) in [5.41, 5.74) is 10.3. The van der Waals surface area contributed by atoms with Gasteiger partial charge in [-0.3, -0.25) is 0 Å².